The SMILES string of the molecule is NC(=O)c1cnc(Oc2ccc(Oc3ccccc3)cc2)nc1. The van der Waals surface area contributed by atoms with Crippen LogP contribution in [-0.2, 0) is 0 Å². The van der Waals surface area contributed by atoms with Gasteiger partial charge in [0.05, 0.1) is 5.56 Å². The maximum atomic E-state index is 10.9. The minimum Gasteiger partial charge on any atom is -0.457 e. The minimum atomic E-state index is -0.584. The molecule has 0 aliphatic carbocycles. The van der Waals surface area contributed by atoms with E-state index in [0.717, 1.165) is 5.75 Å². The number of para-hydroxylation sites is 1. The molecule has 2 N–H and O–H groups in total. The van der Waals surface area contributed by atoms with E-state index in [1.807, 2.05) is 30.3 Å². The van der Waals surface area contributed by atoms with Gasteiger partial charge in [-0.15, -0.1) is 0 Å². The van der Waals surface area contributed by atoms with Gasteiger partial charge in [0.25, 0.3) is 5.91 Å². The quantitative estimate of drug-likeness (QED) is 0.782. The predicted octanol–water partition coefficient (Wildman–Crippen LogP) is 3.16. The van der Waals surface area contributed by atoms with Crippen LogP contribution in [0.2, 0.25) is 0 Å². The highest BCUT2D eigenvalue weighted by molar-refractivity contribution is 5.92. The summed E-state index contributed by atoms with van der Waals surface area (Å²) in [7, 11) is 0. The Labute approximate surface area is 132 Å². The first-order chi connectivity index (χ1) is 11.2. The molecule has 0 aliphatic heterocycles. The number of primary amides is 1. The van der Waals surface area contributed by atoms with E-state index >= 15 is 0 Å². The van der Waals surface area contributed by atoms with Crippen molar-refractivity contribution >= 4 is 5.91 Å². The molecule has 1 heterocycles. The lowest BCUT2D eigenvalue weighted by Gasteiger charge is -2.07. The number of benzene rings is 2. The highest BCUT2D eigenvalue weighted by Crippen LogP contribution is 2.25. The highest BCUT2D eigenvalue weighted by atomic mass is 16.5. The number of hydrogen-bond donors (Lipinski definition) is 1. The zero-order chi connectivity index (χ0) is 16.1. The van der Waals surface area contributed by atoms with Gasteiger partial charge in [0, 0.05) is 12.4 Å². The molecule has 23 heavy (non-hydrogen) atoms. The molecule has 2 aromatic carbocycles. The van der Waals surface area contributed by atoms with Crippen molar-refractivity contribution in [3.8, 4) is 23.3 Å². The van der Waals surface area contributed by atoms with Crippen molar-refractivity contribution in [3.63, 3.8) is 0 Å². The largest absolute Gasteiger partial charge is 0.457 e. The van der Waals surface area contributed by atoms with Crippen molar-refractivity contribution < 1.29 is 14.3 Å². The molecule has 1 aromatic heterocycles. The first-order valence-corrected chi connectivity index (χ1v) is 6.83. The minimum absolute atomic E-state index is 0.131. The van der Waals surface area contributed by atoms with Gasteiger partial charge in [-0.05, 0) is 36.4 Å². The second-order valence-corrected chi connectivity index (χ2v) is 4.61. The number of amides is 1. The van der Waals surface area contributed by atoms with E-state index in [2.05, 4.69) is 9.97 Å². The Bertz CT molecular complexity index is 788. The summed E-state index contributed by atoms with van der Waals surface area (Å²) in [4.78, 5) is 18.8. The molecule has 1 amide bonds. The van der Waals surface area contributed by atoms with Gasteiger partial charge in [-0.2, -0.15) is 0 Å². The van der Waals surface area contributed by atoms with E-state index in [-0.39, 0.29) is 11.6 Å². The Morgan fingerprint density at radius 3 is 1.87 bits per heavy atom. The summed E-state index contributed by atoms with van der Waals surface area (Å²) in [6.07, 6.45) is 2.63. The van der Waals surface area contributed by atoms with Crippen LogP contribution in [0, 0.1) is 0 Å². The lowest BCUT2D eigenvalue weighted by molar-refractivity contribution is 0.0999. The second kappa shape index (κ2) is 6.57. The fraction of sp³-hybridized carbons (Fsp3) is 0. The highest BCUT2D eigenvalue weighted by Gasteiger charge is 2.05. The third-order valence-electron chi connectivity index (χ3n) is 2.92. The third-order valence-corrected chi connectivity index (χ3v) is 2.92. The van der Waals surface area contributed by atoms with Crippen LogP contribution in [0.25, 0.3) is 0 Å². The molecule has 0 unspecified atom stereocenters. The zero-order valence-electron chi connectivity index (χ0n) is 12.0. The average molecular weight is 307 g/mol. The lowest BCUT2D eigenvalue weighted by atomic mass is 10.3. The van der Waals surface area contributed by atoms with Crippen LogP contribution in [0.3, 0.4) is 0 Å². The first kappa shape index (κ1) is 14.5. The molecule has 0 radical (unpaired) electrons. The number of aromatic nitrogens is 2. The van der Waals surface area contributed by atoms with Crippen LogP contribution >= 0.6 is 0 Å². The van der Waals surface area contributed by atoms with E-state index < -0.39 is 5.91 Å². The maximum absolute atomic E-state index is 10.9. The predicted molar refractivity (Wildman–Crippen MR) is 83.6 cm³/mol. The van der Waals surface area contributed by atoms with Crippen LogP contribution in [0.1, 0.15) is 10.4 Å². The van der Waals surface area contributed by atoms with Crippen LogP contribution in [0.4, 0.5) is 0 Å². The number of nitrogens with two attached hydrogens (primary N) is 1. The summed E-state index contributed by atoms with van der Waals surface area (Å²) in [6, 6.07) is 16.6. The lowest BCUT2D eigenvalue weighted by Crippen LogP contribution is -2.11. The van der Waals surface area contributed by atoms with E-state index in [1.54, 1.807) is 24.3 Å². The Hall–Kier alpha value is -3.41. The smallest absolute Gasteiger partial charge is 0.321 e. The normalized spacial score (nSPS) is 10.1. The van der Waals surface area contributed by atoms with E-state index in [0.29, 0.717) is 11.5 Å². The maximum Gasteiger partial charge on any atom is 0.321 e. The Balaban J connectivity index is 1.66. The molecule has 0 atom stereocenters. The van der Waals surface area contributed by atoms with Crippen LogP contribution in [0.15, 0.2) is 67.0 Å². The van der Waals surface area contributed by atoms with E-state index in [1.165, 1.54) is 12.4 Å². The molecule has 0 saturated heterocycles. The fourth-order valence-corrected chi connectivity index (χ4v) is 1.80. The molecular formula is C17H13N3O3. The summed E-state index contributed by atoms with van der Waals surface area (Å²) in [5.74, 6) is 1.41. The van der Waals surface area contributed by atoms with Gasteiger partial charge >= 0.3 is 6.01 Å². The molecule has 0 fully saturated rings. The Morgan fingerprint density at radius 2 is 1.30 bits per heavy atom. The van der Waals surface area contributed by atoms with Gasteiger partial charge in [-0.1, -0.05) is 18.2 Å². The van der Waals surface area contributed by atoms with Crippen molar-refractivity contribution in [1.29, 1.82) is 0 Å². The Kier molecular flexibility index (Phi) is 4.15. The molecule has 0 aliphatic rings. The number of nitrogens with zero attached hydrogens (tertiary/aromatic N) is 2. The van der Waals surface area contributed by atoms with E-state index in [4.69, 9.17) is 15.2 Å². The Morgan fingerprint density at radius 1 is 0.783 bits per heavy atom. The number of ether oxygens (including phenoxy) is 2. The molecule has 3 rings (SSSR count). The van der Waals surface area contributed by atoms with Crippen LogP contribution in [-0.4, -0.2) is 15.9 Å². The van der Waals surface area contributed by atoms with Crippen molar-refractivity contribution in [3.05, 3.63) is 72.6 Å². The van der Waals surface area contributed by atoms with Gasteiger partial charge in [0.1, 0.15) is 17.2 Å². The summed E-state index contributed by atoms with van der Waals surface area (Å²) in [5.41, 5.74) is 5.35. The molecule has 0 spiro atoms. The van der Waals surface area contributed by atoms with Crippen LogP contribution in [0.5, 0.6) is 23.3 Å². The number of carbonyl (C=O) groups is 1. The second-order valence-electron chi connectivity index (χ2n) is 4.61. The molecule has 3 aromatic rings. The summed E-state index contributed by atoms with van der Waals surface area (Å²) in [5, 5.41) is 0. The van der Waals surface area contributed by atoms with Crippen molar-refractivity contribution in [2.75, 3.05) is 0 Å². The van der Waals surface area contributed by atoms with E-state index in [9.17, 15) is 4.79 Å². The van der Waals surface area contributed by atoms with Crippen molar-refractivity contribution in [2.45, 2.75) is 0 Å². The van der Waals surface area contributed by atoms with Gasteiger partial charge in [0.2, 0.25) is 0 Å². The van der Waals surface area contributed by atoms with Gasteiger partial charge in [-0.3, -0.25) is 4.79 Å². The molecule has 0 saturated carbocycles. The number of hydrogen-bond acceptors (Lipinski definition) is 5. The number of carbonyl (C=O) groups excluding carboxylic acids is 1. The average Bonchev–Trinajstić information content (AvgIpc) is 2.58. The number of rotatable bonds is 5. The molecule has 6 heteroatoms. The monoisotopic (exact) mass is 307 g/mol. The first-order valence-electron chi connectivity index (χ1n) is 6.83. The third kappa shape index (κ3) is 3.82. The summed E-state index contributed by atoms with van der Waals surface area (Å²) in [6.45, 7) is 0. The standard InChI is InChI=1S/C17H13N3O3/c18-16(21)12-10-19-17(20-11-12)23-15-8-6-14(7-9-15)22-13-4-2-1-3-5-13/h1-11H,(H2,18,21). The van der Waals surface area contributed by atoms with Gasteiger partial charge < -0.3 is 15.2 Å². The fourth-order valence-electron chi connectivity index (χ4n) is 1.80. The molecule has 0 bridgehead atoms. The topological polar surface area (TPSA) is 87.3 Å². The van der Waals surface area contributed by atoms with Crippen molar-refractivity contribution in [1.82, 2.24) is 9.97 Å². The molecular weight excluding hydrogens is 294 g/mol. The summed E-state index contributed by atoms with van der Waals surface area (Å²) < 4.78 is 11.2. The van der Waals surface area contributed by atoms with Crippen molar-refractivity contribution in [2.24, 2.45) is 5.73 Å². The van der Waals surface area contributed by atoms with Gasteiger partial charge in [0.15, 0.2) is 0 Å². The molecule has 114 valence electrons. The van der Waals surface area contributed by atoms with Crippen LogP contribution < -0.4 is 15.2 Å². The molecule has 6 nitrogen and oxygen atoms in total. The zero-order valence-corrected chi connectivity index (χ0v) is 12.0. The summed E-state index contributed by atoms with van der Waals surface area (Å²) >= 11 is 0. The van der Waals surface area contributed by atoms with Gasteiger partial charge in [-0.25, -0.2) is 9.97 Å².